The maximum Gasteiger partial charge on any atom is 0.300 e. The molecular weight excluding hydrogens is 385 g/mol. The van der Waals surface area contributed by atoms with Gasteiger partial charge in [0.15, 0.2) is 0 Å². The molecule has 0 unspecified atom stereocenters. The van der Waals surface area contributed by atoms with E-state index in [1.807, 2.05) is 18.2 Å². The Hall–Kier alpha value is -1.92. The number of rotatable bonds is 4. The molecule has 1 amide bonds. The van der Waals surface area contributed by atoms with Gasteiger partial charge in [0.2, 0.25) is 0 Å². The summed E-state index contributed by atoms with van der Waals surface area (Å²) < 4.78 is 0. The van der Waals surface area contributed by atoms with Gasteiger partial charge in [-0.25, -0.2) is 0 Å². The third-order valence-corrected chi connectivity index (χ3v) is 5.51. The molecule has 0 atom stereocenters. The van der Waals surface area contributed by atoms with Crippen molar-refractivity contribution in [2.24, 2.45) is 0 Å². The van der Waals surface area contributed by atoms with Gasteiger partial charge in [0.05, 0.1) is 17.9 Å². The fourth-order valence-corrected chi connectivity index (χ4v) is 3.98. The second-order valence-electron chi connectivity index (χ2n) is 6.89. The Kier molecular flexibility index (Phi) is 5.19. The maximum atomic E-state index is 12.4. The van der Waals surface area contributed by atoms with Gasteiger partial charge in [-0.05, 0) is 35.9 Å². The molecule has 2 aliphatic rings. The molecule has 0 N–H and O–H groups in total. The van der Waals surface area contributed by atoms with Crippen molar-refractivity contribution < 1.29 is 9.59 Å². The first kappa shape index (κ1) is 18.4. The second-order valence-corrected chi connectivity index (χ2v) is 7.76. The van der Waals surface area contributed by atoms with Crippen molar-refractivity contribution in [1.29, 1.82) is 0 Å². The van der Waals surface area contributed by atoms with Crippen LogP contribution in [0.25, 0.3) is 0 Å². The number of hydrogen-bond acceptors (Lipinski definition) is 4. The normalized spacial score (nSPS) is 18.2. The molecular formula is C20H19Cl2N3O2. The zero-order valence-electron chi connectivity index (χ0n) is 14.7. The van der Waals surface area contributed by atoms with Crippen LogP contribution in [0.5, 0.6) is 0 Å². The summed E-state index contributed by atoms with van der Waals surface area (Å²) in [5.41, 5.74) is 2.24. The zero-order valence-corrected chi connectivity index (χ0v) is 16.2. The van der Waals surface area contributed by atoms with Crippen molar-refractivity contribution >= 4 is 40.6 Å². The molecule has 4 rings (SSSR count). The minimum atomic E-state index is -0.480. The Morgan fingerprint density at radius 1 is 0.852 bits per heavy atom. The highest BCUT2D eigenvalue weighted by Crippen LogP contribution is 2.31. The summed E-state index contributed by atoms with van der Waals surface area (Å²) >= 11 is 12.0. The number of hydrogen-bond donors (Lipinski definition) is 0. The molecule has 1 fully saturated rings. The van der Waals surface area contributed by atoms with Crippen LogP contribution in [-0.2, 0) is 11.3 Å². The van der Waals surface area contributed by atoms with E-state index in [1.54, 1.807) is 23.1 Å². The number of carbonyl (C=O) groups is 2. The van der Waals surface area contributed by atoms with Gasteiger partial charge in [-0.15, -0.1) is 0 Å². The van der Waals surface area contributed by atoms with E-state index in [0.717, 1.165) is 37.7 Å². The molecule has 0 saturated carbocycles. The van der Waals surface area contributed by atoms with Crippen molar-refractivity contribution in [2.75, 3.05) is 37.7 Å². The number of fused-ring (bicyclic) bond motifs is 1. The molecule has 27 heavy (non-hydrogen) atoms. The van der Waals surface area contributed by atoms with Crippen molar-refractivity contribution in [3.63, 3.8) is 0 Å². The van der Waals surface area contributed by atoms with Gasteiger partial charge in [-0.3, -0.25) is 24.3 Å². The van der Waals surface area contributed by atoms with Gasteiger partial charge in [0, 0.05) is 42.8 Å². The van der Waals surface area contributed by atoms with Crippen LogP contribution in [0.1, 0.15) is 15.9 Å². The topological polar surface area (TPSA) is 43.9 Å². The van der Waals surface area contributed by atoms with Gasteiger partial charge in [-0.1, -0.05) is 35.3 Å². The zero-order chi connectivity index (χ0) is 19.0. The molecule has 0 aliphatic carbocycles. The Bertz CT molecular complexity index is 895. The average molecular weight is 404 g/mol. The van der Waals surface area contributed by atoms with Crippen LogP contribution >= 0.6 is 23.2 Å². The Morgan fingerprint density at radius 2 is 1.56 bits per heavy atom. The minimum absolute atomic E-state index is 0.395. The summed E-state index contributed by atoms with van der Waals surface area (Å²) in [7, 11) is 0. The van der Waals surface area contributed by atoms with Crippen LogP contribution in [0, 0.1) is 0 Å². The molecule has 0 radical (unpaired) electrons. The SMILES string of the molecule is O=C1C(=O)N(CN2CCN(Cc3cccc(Cl)c3)CC2)c2ccc(Cl)cc21. The van der Waals surface area contributed by atoms with E-state index < -0.39 is 11.7 Å². The van der Waals surface area contributed by atoms with Crippen LogP contribution in [-0.4, -0.2) is 54.3 Å². The standard InChI is InChI=1S/C20H19Cl2N3O2/c21-15-3-1-2-14(10-15)12-23-6-8-24(9-7-23)13-25-18-5-4-16(22)11-17(18)19(26)20(25)27/h1-5,10-11H,6-9,12-13H2. The van der Waals surface area contributed by atoms with Gasteiger partial charge >= 0.3 is 5.91 Å². The number of piperazine rings is 1. The molecule has 2 aromatic rings. The van der Waals surface area contributed by atoms with E-state index >= 15 is 0 Å². The van der Waals surface area contributed by atoms with Gasteiger partial charge in [0.25, 0.3) is 5.78 Å². The molecule has 0 spiro atoms. The molecule has 0 aromatic heterocycles. The van der Waals surface area contributed by atoms with Gasteiger partial charge in [-0.2, -0.15) is 0 Å². The Balaban J connectivity index is 1.37. The third kappa shape index (κ3) is 3.87. The van der Waals surface area contributed by atoms with Crippen LogP contribution in [0.4, 0.5) is 5.69 Å². The lowest BCUT2D eigenvalue weighted by molar-refractivity contribution is -0.114. The smallest absolute Gasteiger partial charge is 0.297 e. The molecule has 5 nitrogen and oxygen atoms in total. The summed E-state index contributed by atoms with van der Waals surface area (Å²) in [6.07, 6.45) is 0. The van der Waals surface area contributed by atoms with E-state index in [0.29, 0.717) is 22.9 Å². The number of halogens is 2. The highest BCUT2D eigenvalue weighted by Gasteiger charge is 2.37. The van der Waals surface area contributed by atoms with Gasteiger partial charge in [0.1, 0.15) is 0 Å². The average Bonchev–Trinajstić information content (AvgIpc) is 2.88. The number of amides is 1. The number of carbonyl (C=O) groups excluding carboxylic acids is 2. The lowest BCUT2D eigenvalue weighted by Crippen LogP contribution is -2.50. The van der Waals surface area contributed by atoms with E-state index in [9.17, 15) is 9.59 Å². The van der Waals surface area contributed by atoms with Crippen molar-refractivity contribution in [1.82, 2.24) is 9.80 Å². The third-order valence-electron chi connectivity index (χ3n) is 5.03. The first-order valence-electron chi connectivity index (χ1n) is 8.86. The Labute approximate surface area is 168 Å². The minimum Gasteiger partial charge on any atom is -0.297 e. The quantitative estimate of drug-likeness (QED) is 0.734. The van der Waals surface area contributed by atoms with Crippen LogP contribution in [0.15, 0.2) is 42.5 Å². The first-order chi connectivity index (χ1) is 13.0. The number of nitrogens with zero attached hydrogens (tertiary/aromatic N) is 3. The van der Waals surface area contributed by atoms with E-state index in [-0.39, 0.29) is 0 Å². The molecule has 140 valence electrons. The van der Waals surface area contributed by atoms with Crippen molar-refractivity contribution in [3.8, 4) is 0 Å². The first-order valence-corrected chi connectivity index (χ1v) is 9.62. The number of Topliss-reactive ketones (excluding diaryl/α,β-unsaturated/α-hetero) is 1. The fourth-order valence-electron chi connectivity index (χ4n) is 3.60. The lowest BCUT2D eigenvalue weighted by atomic mass is 10.1. The summed E-state index contributed by atoms with van der Waals surface area (Å²) in [6, 6.07) is 12.9. The Morgan fingerprint density at radius 3 is 2.30 bits per heavy atom. The molecule has 2 heterocycles. The van der Waals surface area contributed by atoms with E-state index in [4.69, 9.17) is 23.2 Å². The molecule has 0 bridgehead atoms. The molecule has 2 aromatic carbocycles. The van der Waals surface area contributed by atoms with E-state index in [1.165, 1.54) is 5.56 Å². The van der Waals surface area contributed by atoms with Crippen LogP contribution in [0.3, 0.4) is 0 Å². The highest BCUT2D eigenvalue weighted by molar-refractivity contribution is 6.52. The van der Waals surface area contributed by atoms with Gasteiger partial charge < -0.3 is 0 Å². The fraction of sp³-hybridized carbons (Fsp3) is 0.300. The van der Waals surface area contributed by atoms with Crippen LogP contribution in [0.2, 0.25) is 10.0 Å². The number of ketones is 1. The summed E-state index contributed by atoms with van der Waals surface area (Å²) in [4.78, 5) is 30.7. The molecule has 7 heteroatoms. The predicted molar refractivity (Wildman–Crippen MR) is 106 cm³/mol. The number of benzene rings is 2. The monoisotopic (exact) mass is 403 g/mol. The lowest BCUT2D eigenvalue weighted by Gasteiger charge is -2.36. The summed E-state index contributed by atoms with van der Waals surface area (Å²) in [6.45, 7) is 4.75. The van der Waals surface area contributed by atoms with Crippen molar-refractivity contribution in [2.45, 2.75) is 6.54 Å². The molecule has 2 aliphatic heterocycles. The summed E-state index contributed by atoms with van der Waals surface area (Å²) in [5, 5.41) is 1.22. The number of anilines is 1. The largest absolute Gasteiger partial charge is 0.300 e. The maximum absolute atomic E-state index is 12.4. The highest BCUT2D eigenvalue weighted by atomic mass is 35.5. The predicted octanol–water partition coefficient (Wildman–Crippen LogP) is 3.30. The molecule has 1 saturated heterocycles. The summed E-state index contributed by atoms with van der Waals surface area (Å²) in [5.74, 6) is -0.958. The second kappa shape index (κ2) is 7.60. The van der Waals surface area contributed by atoms with Crippen LogP contribution < -0.4 is 4.90 Å². The van der Waals surface area contributed by atoms with Crippen molar-refractivity contribution in [3.05, 3.63) is 63.6 Å². The van der Waals surface area contributed by atoms with E-state index in [2.05, 4.69) is 15.9 Å².